The number of nitro benzene ring substituents is 1. The van der Waals surface area contributed by atoms with Crippen LogP contribution in [0.3, 0.4) is 0 Å². The zero-order chi connectivity index (χ0) is 14.4. The highest BCUT2D eigenvalue weighted by Crippen LogP contribution is 2.30. The van der Waals surface area contributed by atoms with Gasteiger partial charge in [0.1, 0.15) is 5.69 Å². The first kappa shape index (κ1) is 15.0. The summed E-state index contributed by atoms with van der Waals surface area (Å²) >= 11 is 5.80. The number of carbonyl (C=O) groups excluding carboxylic acids is 1. The van der Waals surface area contributed by atoms with Crippen LogP contribution in [0.5, 0.6) is 0 Å². The molecule has 0 aliphatic carbocycles. The fourth-order valence-electron chi connectivity index (χ4n) is 1.45. The molecule has 1 aromatic rings. The molecular formula is C12H14ClN3O3. The summed E-state index contributed by atoms with van der Waals surface area (Å²) in [6, 6.07) is 2.77. The Labute approximate surface area is 115 Å². The van der Waals surface area contributed by atoms with Gasteiger partial charge < -0.3 is 11.1 Å². The number of hydrogen-bond acceptors (Lipinski definition) is 4. The molecule has 0 saturated carbocycles. The second-order valence-electron chi connectivity index (χ2n) is 3.86. The number of amides is 1. The van der Waals surface area contributed by atoms with Gasteiger partial charge in [0.2, 0.25) is 5.91 Å². The number of anilines is 1. The summed E-state index contributed by atoms with van der Waals surface area (Å²) in [5.41, 5.74) is 6.04. The van der Waals surface area contributed by atoms with Crippen LogP contribution in [-0.2, 0) is 4.79 Å². The van der Waals surface area contributed by atoms with Crippen molar-refractivity contribution in [1.82, 2.24) is 5.32 Å². The van der Waals surface area contributed by atoms with E-state index in [1.807, 2.05) is 0 Å². The van der Waals surface area contributed by atoms with Gasteiger partial charge in [-0.2, -0.15) is 0 Å². The van der Waals surface area contributed by atoms with E-state index in [9.17, 15) is 14.9 Å². The molecule has 0 fully saturated rings. The Morgan fingerprint density at radius 1 is 1.58 bits per heavy atom. The minimum absolute atomic E-state index is 0.0742. The van der Waals surface area contributed by atoms with Gasteiger partial charge in [-0.1, -0.05) is 23.8 Å². The topological polar surface area (TPSA) is 98.3 Å². The van der Waals surface area contributed by atoms with Gasteiger partial charge in [0, 0.05) is 30.1 Å². The van der Waals surface area contributed by atoms with E-state index in [0.29, 0.717) is 18.5 Å². The standard InChI is InChI=1S/C12H14ClN3O3/c1-8(17)15-5-3-2-4-9-6-10(13)7-11(12(9)14)16(18)19/h2,4,6-7H,3,5,14H2,1H3,(H,15,17). The first-order valence-corrected chi connectivity index (χ1v) is 5.94. The van der Waals surface area contributed by atoms with Crippen LogP contribution in [0, 0.1) is 10.1 Å². The highest BCUT2D eigenvalue weighted by molar-refractivity contribution is 6.31. The zero-order valence-corrected chi connectivity index (χ0v) is 11.1. The van der Waals surface area contributed by atoms with Crippen LogP contribution >= 0.6 is 11.6 Å². The normalized spacial score (nSPS) is 10.6. The number of nitrogens with zero attached hydrogens (tertiary/aromatic N) is 1. The summed E-state index contributed by atoms with van der Waals surface area (Å²) in [6.07, 6.45) is 4.01. The maximum Gasteiger partial charge on any atom is 0.294 e. The number of benzene rings is 1. The summed E-state index contributed by atoms with van der Waals surface area (Å²) in [6.45, 7) is 1.93. The van der Waals surface area contributed by atoms with Gasteiger partial charge in [-0.15, -0.1) is 0 Å². The van der Waals surface area contributed by atoms with Crippen LogP contribution in [0.4, 0.5) is 11.4 Å². The molecular weight excluding hydrogens is 270 g/mol. The molecule has 0 atom stereocenters. The molecule has 0 heterocycles. The van der Waals surface area contributed by atoms with E-state index < -0.39 is 4.92 Å². The van der Waals surface area contributed by atoms with E-state index in [4.69, 9.17) is 17.3 Å². The Morgan fingerprint density at radius 2 is 2.26 bits per heavy atom. The first-order valence-electron chi connectivity index (χ1n) is 5.56. The fraction of sp³-hybridized carbons (Fsp3) is 0.250. The van der Waals surface area contributed by atoms with Gasteiger partial charge >= 0.3 is 0 Å². The summed E-state index contributed by atoms with van der Waals surface area (Å²) in [5.74, 6) is -0.105. The largest absolute Gasteiger partial charge is 0.393 e. The molecule has 0 saturated heterocycles. The third-order valence-corrected chi connectivity index (χ3v) is 2.55. The Hall–Kier alpha value is -2.08. The van der Waals surface area contributed by atoms with Crippen molar-refractivity contribution in [3.63, 3.8) is 0 Å². The highest BCUT2D eigenvalue weighted by atomic mass is 35.5. The number of hydrogen-bond donors (Lipinski definition) is 2. The van der Waals surface area contributed by atoms with Crippen LogP contribution in [0.15, 0.2) is 18.2 Å². The van der Waals surface area contributed by atoms with Crippen LogP contribution in [0.1, 0.15) is 18.9 Å². The van der Waals surface area contributed by atoms with E-state index in [1.54, 1.807) is 18.2 Å². The number of carbonyl (C=O) groups is 1. The summed E-state index contributed by atoms with van der Waals surface area (Å²) < 4.78 is 0. The average Bonchev–Trinajstić information content (AvgIpc) is 2.31. The molecule has 1 aromatic carbocycles. The average molecular weight is 284 g/mol. The van der Waals surface area contributed by atoms with Crippen molar-refractivity contribution >= 4 is 35.0 Å². The molecule has 7 heteroatoms. The molecule has 1 amide bonds. The van der Waals surface area contributed by atoms with Gasteiger partial charge in [0.05, 0.1) is 4.92 Å². The molecule has 0 bridgehead atoms. The lowest BCUT2D eigenvalue weighted by molar-refractivity contribution is -0.383. The Balaban J connectivity index is 2.80. The van der Waals surface area contributed by atoms with Crippen molar-refractivity contribution in [2.45, 2.75) is 13.3 Å². The van der Waals surface area contributed by atoms with Crippen LogP contribution in [-0.4, -0.2) is 17.4 Å². The maximum absolute atomic E-state index is 10.8. The summed E-state index contributed by atoms with van der Waals surface area (Å²) in [7, 11) is 0. The predicted octanol–water partition coefficient (Wildman–Crippen LogP) is 2.37. The quantitative estimate of drug-likeness (QED) is 0.375. The minimum atomic E-state index is -0.574. The number of nitrogens with one attached hydrogen (secondary N) is 1. The molecule has 0 aliphatic rings. The van der Waals surface area contributed by atoms with Crippen molar-refractivity contribution in [1.29, 1.82) is 0 Å². The van der Waals surface area contributed by atoms with Gasteiger partial charge in [0.25, 0.3) is 5.69 Å². The lowest BCUT2D eigenvalue weighted by atomic mass is 10.1. The molecule has 0 aromatic heterocycles. The Bertz CT molecular complexity index is 529. The van der Waals surface area contributed by atoms with Crippen LogP contribution < -0.4 is 11.1 Å². The van der Waals surface area contributed by atoms with Gasteiger partial charge in [-0.3, -0.25) is 14.9 Å². The van der Waals surface area contributed by atoms with Crippen molar-refractivity contribution in [2.75, 3.05) is 12.3 Å². The second kappa shape index (κ2) is 6.75. The molecule has 0 radical (unpaired) electrons. The third kappa shape index (κ3) is 4.59. The highest BCUT2D eigenvalue weighted by Gasteiger charge is 2.15. The lowest BCUT2D eigenvalue weighted by Gasteiger charge is -2.03. The fourth-order valence-corrected chi connectivity index (χ4v) is 1.68. The number of halogens is 1. The van der Waals surface area contributed by atoms with Gasteiger partial charge in [-0.05, 0) is 12.5 Å². The Morgan fingerprint density at radius 3 is 2.84 bits per heavy atom. The first-order chi connectivity index (χ1) is 8.91. The molecule has 0 spiro atoms. The second-order valence-corrected chi connectivity index (χ2v) is 4.30. The van der Waals surface area contributed by atoms with E-state index >= 15 is 0 Å². The summed E-state index contributed by atoms with van der Waals surface area (Å²) in [4.78, 5) is 20.8. The van der Waals surface area contributed by atoms with E-state index in [-0.39, 0.29) is 22.3 Å². The van der Waals surface area contributed by atoms with Crippen LogP contribution in [0.2, 0.25) is 5.02 Å². The maximum atomic E-state index is 10.8. The SMILES string of the molecule is CC(=O)NCCC=Cc1cc(Cl)cc([N+](=O)[O-])c1N. The van der Waals surface area contributed by atoms with Crippen molar-refractivity contribution < 1.29 is 9.72 Å². The van der Waals surface area contributed by atoms with E-state index in [1.165, 1.54) is 13.0 Å². The minimum Gasteiger partial charge on any atom is -0.393 e. The molecule has 1 rings (SSSR count). The predicted molar refractivity (Wildman–Crippen MR) is 74.9 cm³/mol. The molecule has 19 heavy (non-hydrogen) atoms. The smallest absolute Gasteiger partial charge is 0.294 e. The molecule has 3 N–H and O–H groups in total. The zero-order valence-electron chi connectivity index (χ0n) is 10.4. The molecule has 0 unspecified atom stereocenters. The van der Waals surface area contributed by atoms with Crippen molar-refractivity contribution in [2.24, 2.45) is 0 Å². The van der Waals surface area contributed by atoms with Crippen LogP contribution in [0.25, 0.3) is 6.08 Å². The third-order valence-electron chi connectivity index (χ3n) is 2.33. The van der Waals surface area contributed by atoms with E-state index in [2.05, 4.69) is 5.32 Å². The van der Waals surface area contributed by atoms with Gasteiger partial charge in [0.15, 0.2) is 0 Å². The number of nitrogens with two attached hydrogens (primary N) is 1. The van der Waals surface area contributed by atoms with Crippen molar-refractivity contribution in [3.8, 4) is 0 Å². The number of nitro groups is 1. The molecule has 102 valence electrons. The number of nitrogen functional groups attached to an aromatic ring is 1. The number of rotatable bonds is 5. The summed E-state index contributed by atoms with van der Waals surface area (Å²) in [5, 5.41) is 13.7. The molecule has 0 aliphatic heterocycles. The Kier molecular flexibility index (Phi) is 5.32. The lowest BCUT2D eigenvalue weighted by Crippen LogP contribution is -2.20. The van der Waals surface area contributed by atoms with Crippen molar-refractivity contribution in [3.05, 3.63) is 38.9 Å². The van der Waals surface area contributed by atoms with Gasteiger partial charge in [-0.25, -0.2) is 0 Å². The van der Waals surface area contributed by atoms with E-state index in [0.717, 1.165) is 0 Å². The monoisotopic (exact) mass is 283 g/mol. The molecule has 6 nitrogen and oxygen atoms in total.